The number of hydrogen-bond donors (Lipinski definition) is 1. The van der Waals surface area contributed by atoms with Gasteiger partial charge >= 0.3 is 0 Å². The quantitative estimate of drug-likeness (QED) is 0.488. The number of allylic oxidation sites excluding steroid dienone is 2. The third-order valence-electron chi connectivity index (χ3n) is 6.04. The monoisotopic (exact) mass is 510 g/mol. The maximum Gasteiger partial charge on any atom is 0.180 e. The van der Waals surface area contributed by atoms with Gasteiger partial charge in [-0.3, -0.25) is 4.90 Å². The Balaban J connectivity index is 1.53. The number of anilines is 1. The van der Waals surface area contributed by atoms with E-state index in [9.17, 15) is 0 Å². The van der Waals surface area contributed by atoms with Crippen LogP contribution in [0, 0.1) is 0 Å². The number of aromatic amines is 1. The van der Waals surface area contributed by atoms with Gasteiger partial charge in [-0.05, 0) is 60.2 Å². The van der Waals surface area contributed by atoms with Gasteiger partial charge in [-0.1, -0.05) is 12.2 Å². The van der Waals surface area contributed by atoms with Gasteiger partial charge in [0.25, 0.3) is 0 Å². The normalized spacial score (nSPS) is 15.5. The molecule has 0 radical (unpaired) electrons. The van der Waals surface area contributed by atoms with Gasteiger partial charge in [-0.15, -0.1) is 0 Å². The summed E-state index contributed by atoms with van der Waals surface area (Å²) in [5.41, 5.74) is 5.14. The first-order valence-electron chi connectivity index (χ1n) is 11.2. The van der Waals surface area contributed by atoms with Crippen LogP contribution in [0.5, 0.6) is 5.75 Å². The Labute approximate surface area is 203 Å². The van der Waals surface area contributed by atoms with Gasteiger partial charge in [-0.2, -0.15) is 0 Å². The fraction of sp³-hybridized carbons (Fsp3) is 0.360. The zero-order valence-electron chi connectivity index (χ0n) is 19.7. The highest BCUT2D eigenvalue weighted by atomic mass is 79.9. The Morgan fingerprint density at radius 1 is 1.18 bits per heavy atom. The van der Waals surface area contributed by atoms with Crippen LogP contribution in [0.3, 0.4) is 0 Å². The number of likely N-dealkylation sites (N-methyl/N-ethyl adjacent to an activating group) is 1. The number of pyridine rings is 1. The van der Waals surface area contributed by atoms with Crippen LogP contribution in [0.25, 0.3) is 22.6 Å². The molecule has 0 amide bonds. The Bertz CT molecular complexity index is 1150. The van der Waals surface area contributed by atoms with Crippen LogP contribution in [0.1, 0.15) is 13.8 Å². The summed E-state index contributed by atoms with van der Waals surface area (Å²) in [5.74, 6) is 1.63. The molecule has 33 heavy (non-hydrogen) atoms. The van der Waals surface area contributed by atoms with Crippen molar-refractivity contribution < 1.29 is 4.74 Å². The van der Waals surface area contributed by atoms with E-state index in [1.54, 1.807) is 7.11 Å². The van der Waals surface area contributed by atoms with Gasteiger partial charge in [0.2, 0.25) is 0 Å². The summed E-state index contributed by atoms with van der Waals surface area (Å²) in [4.78, 5) is 19.9. The lowest BCUT2D eigenvalue weighted by Gasteiger charge is -2.37. The number of hydrogen-bond acceptors (Lipinski definition) is 6. The van der Waals surface area contributed by atoms with Crippen LogP contribution in [-0.2, 0) is 0 Å². The fourth-order valence-corrected chi connectivity index (χ4v) is 4.75. The van der Waals surface area contributed by atoms with E-state index >= 15 is 0 Å². The molecule has 2 aromatic heterocycles. The molecule has 0 bridgehead atoms. The Hall–Kier alpha value is -2.84. The number of aromatic nitrogens is 3. The van der Waals surface area contributed by atoms with Gasteiger partial charge < -0.3 is 19.5 Å². The standard InChI is InChI=1S/C25H31BrN6O/c1-5-11-30(3)19(6-2)17-31-12-14-32(15-13-31)23-21(26)16-27-25-22(23)28-24(29-25)18-7-9-20(33-4)10-8-18/h5-11,16H,12-15,17H2,1-4H3,(H,27,28,29)/b11-5-,19-6-. The number of H-pyrrole nitrogens is 1. The van der Waals surface area contributed by atoms with E-state index in [4.69, 9.17) is 9.72 Å². The molecule has 0 spiro atoms. The third kappa shape index (κ3) is 5.07. The minimum absolute atomic E-state index is 0.727. The molecule has 0 aliphatic carbocycles. The average Bonchev–Trinajstić information content (AvgIpc) is 3.27. The average molecular weight is 511 g/mol. The molecule has 4 rings (SSSR count). The molecule has 3 aromatic rings. The number of piperazine rings is 1. The zero-order chi connectivity index (χ0) is 23.4. The maximum atomic E-state index is 5.27. The van der Waals surface area contributed by atoms with Crippen LogP contribution < -0.4 is 9.64 Å². The SMILES string of the molecule is C/C=C\N(C)/C(=C\C)CN1CCN(c2c(Br)cnc3nc(-c4ccc(OC)cc4)[nH]c23)CC1. The van der Waals surface area contributed by atoms with E-state index in [0.717, 1.165) is 71.2 Å². The van der Waals surface area contributed by atoms with Gasteiger partial charge in [0.15, 0.2) is 5.65 Å². The van der Waals surface area contributed by atoms with E-state index < -0.39 is 0 Å². The van der Waals surface area contributed by atoms with Crippen molar-refractivity contribution in [1.29, 1.82) is 0 Å². The van der Waals surface area contributed by atoms with E-state index in [2.05, 4.69) is 72.9 Å². The highest BCUT2D eigenvalue weighted by Gasteiger charge is 2.23. The molecule has 1 fully saturated rings. The third-order valence-corrected chi connectivity index (χ3v) is 6.62. The first-order valence-corrected chi connectivity index (χ1v) is 12.0. The highest BCUT2D eigenvalue weighted by Crippen LogP contribution is 2.34. The van der Waals surface area contributed by atoms with Crippen molar-refractivity contribution in [2.75, 3.05) is 51.8 Å². The summed E-state index contributed by atoms with van der Waals surface area (Å²) < 4.78 is 6.26. The largest absolute Gasteiger partial charge is 0.497 e. The summed E-state index contributed by atoms with van der Waals surface area (Å²) in [7, 11) is 3.78. The fourth-order valence-electron chi connectivity index (χ4n) is 4.20. The van der Waals surface area contributed by atoms with E-state index in [1.165, 1.54) is 5.70 Å². The summed E-state index contributed by atoms with van der Waals surface area (Å²) in [6.07, 6.45) is 8.22. The predicted octanol–water partition coefficient (Wildman–Crippen LogP) is 4.89. The molecule has 174 valence electrons. The van der Waals surface area contributed by atoms with Gasteiger partial charge in [0.1, 0.15) is 17.1 Å². The van der Waals surface area contributed by atoms with Crippen LogP contribution >= 0.6 is 15.9 Å². The molecule has 1 aliphatic heterocycles. The Kier molecular flexibility index (Phi) is 7.35. The summed E-state index contributed by atoms with van der Waals surface area (Å²) in [6, 6.07) is 7.90. The highest BCUT2D eigenvalue weighted by molar-refractivity contribution is 9.10. The number of rotatable bonds is 7. The number of halogens is 1. The van der Waals surface area contributed by atoms with Crippen LogP contribution in [0.2, 0.25) is 0 Å². The Morgan fingerprint density at radius 2 is 1.91 bits per heavy atom. The maximum absolute atomic E-state index is 5.27. The Morgan fingerprint density at radius 3 is 2.55 bits per heavy atom. The molecule has 0 atom stereocenters. The number of imidazole rings is 1. The second kappa shape index (κ2) is 10.4. The summed E-state index contributed by atoms with van der Waals surface area (Å²) in [5, 5.41) is 0. The van der Waals surface area contributed by atoms with E-state index in [0.29, 0.717) is 0 Å². The summed E-state index contributed by atoms with van der Waals surface area (Å²) >= 11 is 3.73. The number of nitrogens with zero attached hydrogens (tertiary/aromatic N) is 5. The second-order valence-electron chi connectivity index (χ2n) is 8.10. The van der Waals surface area contributed by atoms with Crippen molar-refractivity contribution >= 4 is 32.8 Å². The molecule has 7 nitrogen and oxygen atoms in total. The molecule has 1 N–H and O–H groups in total. The number of benzene rings is 1. The smallest absolute Gasteiger partial charge is 0.180 e. The molecule has 0 saturated carbocycles. The molecule has 8 heteroatoms. The lowest BCUT2D eigenvalue weighted by atomic mass is 10.2. The summed E-state index contributed by atoms with van der Waals surface area (Å²) in [6.45, 7) is 8.98. The zero-order valence-corrected chi connectivity index (χ0v) is 21.3. The first-order chi connectivity index (χ1) is 16.0. The van der Waals surface area contributed by atoms with Crippen LogP contribution in [0.4, 0.5) is 5.69 Å². The van der Waals surface area contributed by atoms with Crippen LogP contribution in [0.15, 0.2) is 59.0 Å². The predicted molar refractivity (Wildman–Crippen MR) is 139 cm³/mol. The topological polar surface area (TPSA) is 60.5 Å². The minimum atomic E-state index is 0.727. The second-order valence-corrected chi connectivity index (χ2v) is 8.96. The first kappa shape index (κ1) is 23.3. The van der Waals surface area contributed by atoms with Crippen molar-refractivity contribution in [2.24, 2.45) is 0 Å². The van der Waals surface area contributed by atoms with Crippen molar-refractivity contribution in [3.8, 4) is 17.1 Å². The molecule has 1 aromatic carbocycles. The number of nitrogens with one attached hydrogen (secondary N) is 1. The molecule has 1 saturated heterocycles. The van der Waals surface area contributed by atoms with Crippen molar-refractivity contribution in [1.82, 2.24) is 24.8 Å². The van der Waals surface area contributed by atoms with E-state index in [1.807, 2.05) is 37.4 Å². The molecule has 3 heterocycles. The lowest BCUT2D eigenvalue weighted by molar-refractivity contribution is 0.262. The van der Waals surface area contributed by atoms with Gasteiger partial charge in [0, 0.05) is 57.2 Å². The van der Waals surface area contributed by atoms with E-state index in [-0.39, 0.29) is 0 Å². The lowest BCUT2D eigenvalue weighted by Crippen LogP contribution is -2.47. The number of fused-ring (bicyclic) bond motifs is 1. The van der Waals surface area contributed by atoms with Gasteiger partial charge in [0.05, 0.1) is 17.3 Å². The molecular weight excluding hydrogens is 480 g/mol. The van der Waals surface area contributed by atoms with Crippen molar-refractivity contribution in [2.45, 2.75) is 13.8 Å². The van der Waals surface area contributed by atoms with Crippen LogP contribution in [-0.4, -0.2) is 71.6 Å². The van der Waals surface area contributed by atoms with Gasteiger partial charge in [-0.25, -0.2) is 9.97 Å². The molecule has 0 unspecified atom stereocenters. The molecular formula is C25H31BrN6O. The minimum Gasteiger partial charge on any atom is -0.497 e. The number of ether oxygens (including phenoxy) is 1. The van der Waals surface area contributed by atoms with Crippen molar-refractivity contribution in [3.05, 3.63) is 59.0 Å². The van der Waals surface area contributed by atoms with Crippen molar-refractivity contribution in [3.63, 3.8) is 0 Å². The number of methoxy groups -OCH3 is 1. The molecule has 1 aliphatic rings.